The van der Waals surface area contributed by atoms with Gasteiger partial charge in [-0.2, -0.15) is 10.2 Å². The van der Waals surface area contributed by atoms with E-state index in [1.165, 1.54) is 50.9 Å². The van der Waals surface area contributed by atoms with E-state index in [4.69, 9.17) is 9.47 Å². The van der Waals surface area contributed by atoms with Crippen LogP contribution in [0.5, 0.6) is 0 Å². The Kier molecular flexibility index (Phi) is 6.54. The molecule has 2 N–H and O–H groups in total. The second kappa shape index (κ2) is 8.84. The van der Waals surface area contributed by atoms with Crippen molar-refractivity contribution >= 4 is 11.6 Å². The lowest BCUT2D eigenvalue weighted by Gasteiger charge is -2.12. The van der Waals surface area contributed by atoms with Gasteiger partial charge in [-0.1, -0.05) is 0 Å². The van der Waals surface area contributed by atoms with E-state index in [2.05, 4.69) is 10.2 Å². The molecule has 0 atom stereocenters. The monoisotopic (exact) mass is 358 g/mol. The molecule has 0 amide bonds. The Hall–Kier alpha value is -3.10. The Morgan fingerprint density at radius 1 is 0.808 bits per heavy atom. The summed E-state index contributed by atoms with van der Waals surface area (Å²) in [6.45, 7) is -0.865. The summed E-state index contributed by atoms with van der Waals surface area (Å²) >= 11 is 0. The van der Waals surface area contributed by atoms with E-state index in [1.807, 2.05) is 0 Å². The maximum atomic E-state index is 11.9. The predicted molar refractivity (Wildman–Crippen MR) is 91.6 cm³/mol. The van der Waals surface area contributed by atoms with Gasteiger partial charge in [0, 0.05) is 16.7 Å². The van der Waals surface area contributed by atoms with E-state index in [-0.39, 0.29) is 28.4 Å². The smallest absolute Gasteiger partial charge is 0.261 e. The number of aliphatic hydroxyl groups excluding tert-OH is 2. The fourth-order valence-electron chi connectivity index (χ4n) is 2.27. The zero-order valence-corrected chi connectivity index (χ0v) is 14.3. The van der Waals surface area contributed by atoms with Crippen LogP contribution in [-0.4, -0.2) is 49.2 Å². The van der Waals surface area contributed by atoms with Gasteiger partial charge in [0.2, 0.25) is 0 Å². The van der Waals surface area contributed by atoms with Crippen LogP contribution in [0.1, 0.15) is 0 Å². The van der Waals surface area contributed by atoms with Gasteiger partial charge in [0.25, 0.3) is 5.78 Å². The average Bonchev–Trinajstić information content (AvgIpc) is 2.66. The highest BCUT2D eigenvalue weighted by Gasteiger charge is 2.21. The third-order valence-electron chi connectivity index (χ3n) is 3.57. The van der Waals surface area contributed by atoms with E-state index in [9.17, 15) is 19.8 Å². The molecule has 2 aliphatic carbocycles. The zero-order chi connectivity index (χ0) is 19.1. The molecule has 2 aliphatic rings. The standard InChI is InChI=1S/C18H18N2O6/c1-25-15-5-12(6-16(26-2)18(15)24)8-20-19-7-11-3-13(9-21)17(23)14(4-11)10-22/h3-8,21-22H,9-10H2,1-2H3. The number of Topliss-reactive ketones (excluding diaryl/α,β-unsaturated/α-hetero) is 2. The summed E-state index contributed by atoms with van der Waals surface area (Å²) in [7, 11) is 2.76. The lowest BCUT2D eigenvalue weighted by atomic mass is 9.95. The number of hydrogen-bond donors (Lipinski definition) is 2. The molecule has 0 fully saturated rings. The molecule has 0 aromatic heterocycles. The molecule has 0 unspecified atom stereocenters. The summed E-state index contributed by atoms with van der Waals surface area (Å²) in [5.74, 6) is -0.504. The molecule has 8 nitrogen and oxygen atoms in total. The number of nitrogens with zero attached hydrogens (tertiary/aromatic N) is 2. The molecule has 136 valence electrons. The first kappa shape index (κ1) is 19.2. The second-order valence-corrected chi connectivity index (χ2v) is 5.23. The first-order chi connectivity index (χ1) is 12.5. The lowest BCUT2D eigenvalue weighted by Crippen LogP contribution is -2.15. The van der Waals surface area contributed by atoms with Crippen LogP contribution in [0.15, 0.2) is 80.7 Å². The van der Waals surface area contributed by atoms with Crippen LogP contribution in [-0.2, 0) is 19.1 Å². The topological polar surface area (TPSA) is 118 Å². The molecule has 0 aromatic carbocycles. The van der Waals surface area contributed by atoms with Crippen molar-refractivity contribution in [2.45, 2.75) is 0 Å². The van der Waals surface area contributed by atoms with E-state index >= 15 is 0 Å². The van der Waals surface area contributed by atoms with Crippen molar-refractivity contribution in [3.8, 4) is 0 Å². The minimum Gasteiger partial charge on any atom is -0.492 e. The van der Waals surface area contributed by atoms with Crippen LogP contribution in [0.4, 0.5) is 0 Å². The van der Waals surface area contributed by atoms with Gasteiger partial charge < -0.3 is 19.7 Å². The number of ketones is 2. The van der Waals surface area contributed by atoms with Crippen molar-refractivity contribution in [2.24, 2.45) is 10.2 Å². The van der Waals surface area contributed by atoms with Gasteiger partial charge in [0.15, 0.2) is 17.3 Å². The number of rotatable bonds is 6. The first-order valence-corrected chi connectivity index (χ1v) is 7.58. The molecule has 26 heavy (non-hydrogen) atoms. The summed E-state index contributed by atoms with van der Waals surface area (Å²) in [4.78, 5) is 23.7. The Bertz CT molecular complexity index is 705. The Morgan fingerprint density at radius 2 is 1.23 bits per heavy atom. The predicted octanol–water partition coefficient (Wildman–Crippen LogP) is 1.27. The van der Waals surface area contributed by atoms with Crippen molar-refractivity contribution in [2.75, 3.05) is 27.4 Å². The molecule has 0 saturated carbocycles. The molecule has 0 aromatic rings. The molecular weight excluding hydrogens is 340 g/mol. The number of allylic oxidation sites excluding steroid dienone is 6. The summed E-state index contributed by atoms with van der Waals surface area (Å²) < 4.78 is 9.99. The molecule has 0 radical (unpaired) electrons. The van der Waals surface area contributed by atoms with Crippen molar-refractivity contribution in [3.63, 3.8) is 0 Å². The average molecular weight is 358 g/mol. The Labute approximate surface area is 149 Å². The largest absolute Gasteiger partial charge is 0.492 e. The molecule has 0 spiro atoms. The molecule has 0 heterocycles. The Balaban J connectivity index is 2.22. The van der Waals surface area contributed by atoms with Gasteiger partial charge in [-0.3, -0.25) is 9.59 Å². The number of ether oxygens (including phenoxy) is 2. The molecule has 8 heteroatoms. The Morgan fingerprint density at radius 3 is 1.62 bits per heavy atom. The van der Waals surface area contributed by atoms with Crippen LogP contribution >= 0.6 is 0 Å². The van der Waals surface area contributed by atoms with Crippen LogP contribution < -0.4 is 0 Å². The number of aliphatic hydroxyl groups is 2. The van der Waals surface area contributed by atoms with Crippen molar-refractivity contribution in [1.29, 1.82) is 0 Å². The van der Waals surface area contributed by atoms with Gasteiger partial charge in [0.1, 0.15) is 0 Å². The van der Waals surface area contributed by atoms with Gasteiger partial charge in [-0.25, -0.2) is 0 Å². The summed E-state index contributed by atoms with van der Waals surface area (Å²) in [6.07, 6.45) is 8.73. The maximum absolute atomic E-state index is 11.9. The van der Waals surface area contributed by atoms with Crippen LogP contribution in [0.2, 0.25) is 0 Å². The summed E-state index contributed by atoms with van der Waals surface area (Å²) in [5.41, 5.74) is 1.40. The quantitative estimate of drug-likeness (QED) is 0.691. The SMILES string of the molecule is COC1=CC(=CN=NC=C2C=C(CO)C(=O)C(CO)=C2)C=C(OC)C1=O. The lowest BCUT2D eigenvalue weighted by molar-refractivity contribution is -0.118. The van der Waals surface area contributed by atoms with Crippen molar-refractivity contribution in [3.05, 3.63) is 70.5 Å². The molecular formula is C18H18N2O6. The van der Waals surface area contributed by atoms with Crippen molar-refractivity contribution in [1.82, 2.24) is 0 Å². The van der Waals surface area contributed by atoms with Gasteiger partial charge in [-0.05, 0) is 29.9 Å². The molecule has 2 rings (SSSR count). The van der Waals surface area contributed by atoms with Crippen LogP contribution in [0, 0.1) is 0 Å². The zero-order valence-electron chi connectivity index (χ0n) is 14.3. The van der Waals surface area contributed by atoms with E-state index < -0.39 is 19.0 Å². The normalized spacial score (nSPS) is 17.5. The second-order valence-electron chi connectivity index (χ2n) is 5.23. The number of carbonyl (C=O) groups excluding carboxylic acids is 2. The fourth-order valence-corrected chi connectivity index (χ4v) is 2.27. The number of azo groups is 1. The highest BCUT2D eigenvalue weighted by molar-refractivity contribution is 6.10. The third-order valence-corrected chi connectivity index (χ3v) is 3.57. The van der Waals surface area contributed by atoms with Crippen LogP contribution in [0.3, 0.4) is 0 Å². The minimum absolute atomic E-state index is 0.126. The van der Waals surface area contributed by atoms with Crippen LogP contribution in [0.25, 0.3) is 0 Å². The summed E-state index contributed by atoms with van der Waals surface area (Å²) in [6, 6.07) is 0. The number of carbonyl (C=O) groups is 2. The molecule has 0 saturated heterocycles. The fraction of sp³-hybridized carbons (Fsp3) is 0.222. The van der Waals surface area contributed by atoms with E-state index in [0.717, 1.165) is 0 Å². The first-order valence-electron chi connectivity index (χ1n) is 7.58. The van der Waals surface area contributed by atoms with E-state index in [0.29, 0.717) is 11.1 Å². The minimum atomic E-state index is -0.433. The third kappa shape index (κ3) is 4.29. The van der Waals surface area contributed by atoms with Gasteiger partial charge in [-0.15, -0.1) is 0 Å². The molecule has 0 aliphatic heterocycles. The summed E-state index contributed by atoms with van der Waals surface area (Å²) in [5, 5.41) is 26.1. The number of methoxy groups -OCH3 is 2. The highest BCUT2D eigenvalue weighted by atomic mass is 16.5. The maximum Gasteiger partial charge on any atom is 0.261 e. The number of hydrogen-bond acceptors (Lipinski definition) is 8. The van der Waals surface area contributed by atoms with Gasteiger partial charge in [0.05, 0.1) is 39.8 Å². The van der Waals surface area contributed by atoms with Gasteiger partial charge >= 0.3 is 0 Å². The highest BCUT2D eigenvalue weighted by Crippen LogP contribution is 2.21. The van der Waals surface area contributed by atoms with E-state index in [1.54, 1.807) is 0 Å². The van der Waals surface area contributed by atoms with Crippen molar-refractivity contribution < 1.29 is 29.3 Å². The molecule has 0 bridgehead atoms.